The zero-order valence-corrected chi connectivity index (χ0v) is 39.7. The number of nitrogen functional groups attached to an aromatic ring is 1. The third-order valence-corrected chi connectivity index (χ3v) is 13.4. The maximum absolute atomic E-state index is 11.5. The molecule has 0 bridgehead atoms. The van der Waals surface area contributed by atoms with Gasteiger partial charge in [0.15, 0.2) is 0 Å². The lowest BCUT2D eigenvalue weighted by molar-refractivity contribution is -0.384. The van der Waals surface area contributed by atoms with Crippen molar-refractivity contribution < 1.29 is 4.92 Å². The lowest BCUT2D eigenvalue weighted by Crippen LogP contribution is -1.98. The van der Waals surface area contributed by atoms with Crippen molar-refractivity contribution >= 4 is 45.2 Å². The summed E-state index contributed by atoms with van der Waals surface area (Å²) in [5, 5.41) is 18.1. The van der Waals surface area contributed by atoms with Gasteiger partial charge in [-0.2, -0.15) is 0 Å². The molecule has 0 unspecified atom stereocenters. The number of aromatic nitrogens is 5. The molecule has 72 heavy (non-hydrogen) atoms. The molecule has 3 saturated carbocycles. The van der Waals surface area contributed by atoms with E-state index >= 15 is 0 Å². The van der Waals surface area contributed by atoms with Gasteiger partial charge in [-0.3, -0.25) is 29.6 Å². The van der Waals surface area contributed by atoms with Gasteiger partial charge in [-0.25, -0.2) is 4.98 Å². The van der Waals surface area contributed by atoms with Crippen molar-refractivity contribution in [3.63, 3.8) is 0 Å². The maximum atomic E-state index is 11.5. The number of nitrogens with two attached hydrogens (primary N) is 1. The lowest BCUT2D eigenvalue weighted by atomic mass is 10.1. The van der Waals surface area contributed by atoms with Crippen LogP contribution in [-0.4, -0.2) is 29.4 Å². The lowest BCUT2D eigenvalue weighted by Gasteiger charge is -2.12. The molecule has 6 aromatic carbocycles. The summed E-state index contributed by atoms with van der Waals surface area (Å²) in [5.74, 6) is 1.97. The van der Waals surface area contributed by atoms with Gasteiger partial charge in [-0.05, 0) is 175 Å². The van der Waals surface area contributed by atoms with Gasteiger partial charge in [0.1, 0.15) is 12.0 Å². The minimum Gasteiger partial charge on any atom is -0.397 e. The molecule has 11 nitrogen and oxygen atoms in total. The highest BCUT2D eigenvalue weighted by molar-refractivity contribution is 5.80. The number of nitrogens with zero attached hydrogens (tertiary/aromatic N) is 6. The Kier molecular flexibility index (Phi) is 13.0. The van der Waals surface area contributed by atoms with Gasteiger partial charge in [0.2, 0.25) is 0 Å². The smallest absolute Gasteiger partial charge is 0.292 e. The number of nitrogens with one attached hydrogen (secondary N) is 2. The minimum absolute atomic E-state index is 0.121. The van der Waals surface area contributed by atoms with Crippen LogP contribution in [0.1, 0.15) is 73.0 Å². The van der Waals surface area contributed by atoms with E-state index in [1.807, 2.05) is 91.5 Å². The molecular weight excluding hydrogens is 891 g/mol. The number of imidazole rings is 1. The molecule has 3 aliphatic carbocycles. The molecule has 0 aliphatic heterocycles. The number of hydrogen-bond donors (Lipinski definition) is 3. The Morgan fingerprint density at radius 2 is 0.972 bits per heavy atom. The van der Waals surface area contributed by atoms with Crippen molar-refractivity contribution in [3.8, 4) is 39.1 Å². The molecule has 4 heterocycles. The van der Waals surface area contributed by atoms with E-state index in [-0.39, 0.29) is 10.6 Å². The average Bonchev–Trinajstić information content (AvgIpc) is 4.29. The number of pyridine rings is 3. The summed E-state index contributed by atoms with van der Waals surface area (Å²) < 4.78 is 2.16. The van der Waals surface area contributed by atoms with Crippen molar-refractivity contribution in [1.82, 2.24) is 24.5 Å². The Morgan fingerprint density at radius 1 is 0.500 bits per heavy atom. The molecule has 3 aliphatic rings. The molecule has 0 spiro atoms. The Bertz CT molecular complexity index is 3500. The molecule has 0 amide bonds. The molecule has 354 valence electrons. The first-order valence-electron chi connectivity index (χ1n) is 24.6. The molecule has 0 radical (unpaired) electrons. The number of benzene rings is 6. The van der Waals surface area contributed by atoms with Crippen molar-refractivity contribution in [2.75, 3.05) is 16.4 Å². The third kappa shape index (κ3) is 10.9. The van der Waals surface area contributed by atoms with Gasteiger partial charge in [-0.1, -0.05) is 72.8 Å². The van der Waals surface area contributed by atoms with E-state index in [9.17, 15) is 10.1 Å². The van der Waals surface area contributed by atoms with E-state index in [0.717, 1.165) is 103 Å². The molecule has 4 N–H and O–H groups in total. The molecule has 11 heteroatoms. The first-order chi connectivity index (χ1) is 35.4. The van der Waals surface area contributed by atoms with Crippen LogP contribution in [0.3, 0.4) is 0 Å². The molecule has 13 rings (SSSR count). The van der Waals surface area contributed by atoms with Crippen LogP contribution in [0.5, 0.6) is 0 Å². The monoisotopic (exact) mass is 943 g/mol. The molecule has 4 aromatic heterocycles. The third-order valence-electron chi connectivity index (χ3n) is 13.4. The van der Waals surface area contributed by atoms with Gasteiger partial charge in [0.05, 0.1) is 27.3 Å². The summed E-state index contributed by atoms with van der Waals surface area (Å²) in [7, 11) is 0. The highest BCUT2D eigenvalue weighted by Crippen LogP contribution is 2.44. The Balaban J connectivity index is 0.000000117. The zero-order chi connectivity index (χ0) is 48.8. The number of rotatable bonds is 12. The first kappa shape index (κ1) is 45.5. The van der Waals surface area contributed by atoms with Crippen molar-refractivity contribution in [2.45, 2.75) is 56.3 Å². The summed E-state index contributed by atoms with van der Waals surface area (Å²) in [6.45, 7) is 0. The highest BCUT2D eigenvalue weighted by atomic mass is 16.6. The van der Waals surface area contributed by atoms with E-state index in [4.69, 9.17) is 5.73 Å². The van der Waals surface area contributed by atoms with E-state index in [2.05, 4.69) is 120 Å². The van der Waals surface area contributed by atoms with Gasteiger partial charge < -0.3 is 16.4 Å². The van der Waals surface area contributed by atoms with Crippen molar-refractivity contribution in [1.29, 1.82) is 0 Å². The Morgan fingerprint density at radius 3 is 1.49 bits per heavy atom. The van der Waals surface area contributed by atoms with E-state index in [0.29, 0.717) is 11.6 Å². The first-order valence-corrected chi connectivity index (χ1v) is 24.6. The topological polar surface area (TPSA) is 150 Å². The number of fused-ring (bicyclic) bond motifs is 1. The van der Waals surface area contributed by atoms with Gasteiger partial charge >= 0.3 is 0 Å². The SMILES string of the molecule is Nc1cc(C2CC2)ccc1Nc1cccc(-c2cccnc2)c1.O=[N+]([O-])c1cc(C2CC2)ccc1Nc1cccc(-c2cccnc2)c1.c1cncc(-c2cccc(-n3cnc4cc(C5CC5)ccc43)c2)c1. The maximum Gasteiger partial charge on any atom is 0.292 e. The van der Waals surface area contributed by atoms with Gasteiger partial charge in [0.25, 0.3) is 5.69 Å². The molecule has 10 aromatic rings. The molecule has 0 atom stereocenters. The molecule has 3 fully saturated rings. The fourth-order valence-corrected chi connectivity index (χ4v) is 9.05. The van der Waals surface area contributed by atoms with Crippen LogP contribution in [0.15, 0.2) is 207 Å². The van der Waals surface area contributed by atoms with Crippen LogP contribution in [0.2, 0.25) is 0 Å². The van der Waals surface area contributed by atoms with Crippen LogP contribution < -0.4 is 16.4 Å². The number of nitro benzene ring substituents is 1. The van der Waals surface area contributed by atoms with Crippen LogP contribution >= 0.6 is 0 Å². The summed E-state index contributed by atoms with van der Waals surface area (Å²) in [6, 6.07) is 55.1. The van der Waals surface area contributed by atoms with Gasteiger partial charge in [0, 0.05) is 77.0 Å². The average molecular weight is 944 g/mol. The minimum atomic E-state index is -0.320. The van der Waals surface area contributed by atoms with Crippen LogP contribution in [0.25, 0.3) is 50.1 Å². The second kappa shape index (κ2) is 20.6. The number of hydrogen-bond acceptors (Lipinski definition) is 9. The summed E-state index contributed by atoms with van der Waals surface area (Å²) >= 11 is 0. The normalized spacial score (nSPS) is 13.8. The number of anilines is 5. The van der Waals surface area contributed by atoms with Crippen LogP contribution in [-0.2, 0) is 0 Å². The summed E-state index contributed by atoms with van der Waals surface area (Å²) in [5.41, 5.74) is 24.2. The highest BCUT2D eigenvalue weighted by Gasteiger charge is 2.27. The standard InChI is InChI=1S/C21H17N3.C20H17N3O2.C20H19N3/c1-3-16(18-4-2-10-22-13-18)11-19(5-1)24-14-23-20-12-17(15-6-7-15)8-9-21(20)24;24-23(25)20-12-16(14-6-7-14)8-9-19(20)22-18-5-1-3-15(11-18)17-4-2-10-21-13-17;21-19-12-16(14-6-7-14)8-9-20(19)23-18-5-1-3-15(11-18)17-4-2-10-22-13-17/h1-5,8-15H,6-7H2;1-5,8-14,22H,6-7H2;1-5,8-14,23H,6-7,21H2. The molecule has 0 saturated heterocycles. The fourth-order valence-electron chi connectivity index (χ4n) is 9.05. The van der Waals surface area contributed by atoms with E-state index in [1.54, 1.807) is 30.9 Å². The second-order valence-corrected chi connectivity index (χ2v) is 18.8. The predicted octanol–water partition coefficient (Wildman–Crippen LogP) is 15.2. The van der Waals surface area contributed by atoms with Gasteiger partial charge in [-0.15, -0.1) is 0 Å². The zero-order valence-electron chi connectivity index (χ0n) is 39.7. The van der Waals surface area contributed by atoms with Crippen LogP contribution in [0.4, 0.5) is 34.1 Å². The number of nitro groups is 1. The second-order valence-electron chi connectivity index (χ2n) is 18.8. The summed E-state index contributed by atoms with van der Waals surface area (Å²) in [4.78, 5) is 28.3. The van der Waals surface area contributed by atoms with Crippen molar-refractivity contribution in [2.24, 2.45) is 0 Å². The molecular formula is C61H53N9O2. The largest absolute Gasteiger partial charge is 0.397 e. The van der Waals surface area contributed by atoms with E-state index < -0.39 is 0 Å². The van der Waals surface area contributed by atoms with E-state index in [1.165, 1.54) is 36.8 Å². The fraction of sp³-hybridized carbons (Fsp3) is 0.148. The van der Waals surface area contributed by atoms with Crippen LogP contribution in [0, 0.1) is 10.1 Å². The Labute approximate surface area is 418 Å². The Hall–Kier alpha value is -8.96. The summed E-state index contributed by atoms with van der Waals surface area (Å²) in [6.07, 6.45) is 20.3. The quantitative estimate of drug-likeness (QED) is 0.0618. The van der Waals surface area contributed by atoms with Crippen molar-refractivity contribution in [3.05, 3.63) is 234 Å². The predicted molar refractivity (Wildman–Crippen MR) is 290 cm³/mol.